The number of H-pyrrole nitrogens is 1. The molecule has 92 valence electrons. The van der Waals surface area contributed by atoms with Crippen molar-refractivity contribution in [1.82, 2.24) is 10.2 Å². The molecule has 0 atom stereocenters. The molecule has 7 heteroatoms. The second kappa shape index (κ2) is 5.42. The Labute approximate surface area is 106 Å². The van der Waals surface area contributed by atoms with E-state index in [2.05, 4.69) is 20.7 Å². The zero-order chi connectivity index (χ0) is 13.0. The average molecular weight is 267 g/mol. The molecule has 0 bridgehead atoms. The molecule has 2 rings (SSSR count). The van der Waals surface area contributed by atoms with Crippen molar-refractivity contribution >= 4 is 23.5 Å². The number of halogens is 2. The highest BCUT2D eigenvalue weighted by atomic mass is 35.5. The summed E-state index contributed by atoms with van der Waals surface area (Å²) in [5.41, 5.74) is 2.89. The monoisotopic (exact) mass is 266 g/mol. The van der Waals surface area contributed by atoms with Crippen molar-refractivity contribution in [2.24, 2.45) is 5.10 Å². The maximum absolute atomic E-state index is 12.9. The second-order valence-corrected chi connectivity index (χ2v) is 3.73. The number of benzene rings is 1. The van der Waals surface area contributed by atoms with Gasteiger partial charge in [-0.25, -0.2) is 9.49 Å². The minimum absolute atomic E-state index is 0.0404. The predicted molar refractivity (Wildman–Crippen MR) is 67.5 cm³/mol. The molecule has 0 saturated carbocycles. The van der Waals surface area contributed by atoms with Crippen LogP contribution < -0.4 is 11.0 Å². The lowest BCUT2D eigenvalue weighted by Gasteiger charge is -2.00. The van der Waals surface area contributed by atoms with E-state index in [9.17, 15) is 9.18 Å². The molecule has 0 unspecified atom stereocenters. The molecule has 2 N–H and O–H groups in total. The van der Waals surface area contributed by atoms with Crippen molar-refractivity contribution in [3.8, 4) is 0 Å². The molecule has 1 aromatic heterocycles. The van der Waals surface area contributed by atoms with Gasteiger partial charge in [-0.15, -0.1) is 0 Å². The summed E-state index contributed by atoms with van der Waals surface area (Å²) < 4.78 is 12.9. The number of anilines is 1. The number of nitrogens with zero attached hydrogens (tertiary/aromatic N) is 2. The van der Waals surface area contributed by atoms with Gasteiger partial charge in [0.05, 0.1) is 12.4 Å². The summed E-state index contributed by atoms with van der Waals surface area (Å²) >= 11 is 5.72. The Balaban J connectivity index is 2.12. The van der Waals surface area contributed by atoms with E-state index in [4.69, 9.17) is 11.6 Å². The highest BCUT2D eigenvalue weighted by molar-refractivity contribution is 6.32. The minimum Gasteiger partial charge on any atom is -0.275 e. The highest BCUT2D eigenvalue weighted by Gasteiger charge is 2.02. The topological polar surface area (TPSA) is 70.1 Å². The SMILES string of the molecule is O=c1[nH]ncc(N/N=C\c2cccc(F)c2)c1Cl. The van der Waals surface area contributed by atoms with Gasteiger partial charge >= 0.3 is 0 Å². The quantitative estimate of drug-likeness (QED) is 0.659. The number of hydrogen-bond acceptors (Lipinski definition) is 4. The molecule has 0 aliphatic carbocycles. The van der Waals surface area contributed by atoms with Crippen molar-refractivity contribution in [2.45, 2.75) is 0 Å². The maximum Gasteiger partial charge on any atom is 0.285 e. The van der Waals surface area contributed by atoms with Gasteiger partial charge in [-0.3, -0.25) is 10.2 Å². The molecule has 0 spiro atoms. The number of hydrazone groups is 1. The van der Waals surface area contributed by atoms with Crippen LogP contribution in [0.3, 0.4) is 0 Å². The molecule has 18 heavy (non-hydrogen) atoms. The maximum atomic E-state index is 12.9. The van der Waals surface area contributed by atoms with Gasteiger partial charge in [-0.1, -0.05) is 23.7 Å². The molecule has 1 heterocycles. The van der Waals surface area contributed by atoms with Gasteiger partial charge in [0.25, 0.3) is 5.56 Å². The summed E-state index contributed by atoms with van der Waals surface area (Å²) in [6, 6.07) is 5.91. The van der Waals surface area contributed by atoms with Gasteiger partial charge in [0.1, 0.15) is 16.5 Å². The molecule has 0 saturated heterocycles. The molecule has 0 amide bonds. The summed E-state index contributed by atoms with van der Waals surface area (Å²) in [6.45, 7) is 0. The van der Waals surface area contributed by atoms with Crippen molar-refractivity contribution in [1.29, 1.82) is 0 Å². The Morgan fingerprint density at radius 3 is 3.11 bits per heavy atom. The number of aromatic amines is 1. The van der Waals surface area contributed by atoms with Gasteiger partial charge in [-0.2, -0.15) is 10.2 Å². The average Bonchev–Trinajstić information content (AvgIpc) is 2.35. The Morgan fingerprint density at radius 2 is 2.33 bits per heavy atom. The van der Waals surface area contributed by atoms with E-state index in [1.807, 2.05) is 0 Å². The first-order valence-electron chi connectivity index (χ1n) is 4.94. The van der Waals surface area contributed by atoms with Crippen LogP contribution in [0.5, 0.6) is 0 Å². The van der Waals surface area contributed by atoms with Crippen molar-refractivity contribution < 1.29 is 4.39 Å². The first kappa shape index (κ1) is 12.3. The zero-order valence-electron chi connectivity index (χ0n) is 9.02. The van der Waals surface area contributed by atoms with Gasteiger partial charge < -0.3 is 0 Å². The lowest BCUT2D eigenvalue weighted by Crippen LogP contribution is -2.10. The standard InChI is InChI=1S/C11H8ClFN4O/c12-10-9(6-15-17-11(10)18)16-14-5-7-2-1-3-8(13)4-7/h1-6H,(H2,16,17,18)/b14-5-. The van der Waals surface area contributed by atoms with Crippen LogP contribution in [0.1, 0.15) is 5.56 Å². The van der Waals surface area contributed by atoms with Crippen LogP contribution in [0, 0.1) is 5.82 Å². The third-order valence-corrected chi connectivity index (χ3v) is 2.42. The van der Waals surface area contributed by atoms with Crippen molar-refractivity contribution in [3.63, 3.8) is 0 Å². The lowest BCUT2D eigenvalue weighted by molar-refractivity contribution is 0.627. The lowest BCUT2D eigenvalue weighted by atomic mass is 10.2. The zero-order valence-corrected chi connectivity index (χ0v) is 9.78. The van der Waals surface area contributed by atoms with E-state index in [0.29, 0.717) is 5.56 Å². The van der Waals surface area contributed by atoms with Gasteiger partial charge in [0.15, 0.2) is 0 Å². The second-order valence-electron chi connectivity index (χ2n) is 3.35. The Bertz CT molecular complexity index is 641. The highest BCUT2D eigenvalue weighted by Crippen LogP contribution is 2.13. The summed E-state index contributed by atoms with van der Waals surface area (Å²) in [6.07, 6.45) is 2.73. The van der Waals surface area contributed by atoms with Gasteiger partial charge in [0, 0.05) is 0 Å². The molecule has 1 aromatic carbocycles. The third-order valence-electron chi connectivity index (χ3n) is 2.04. The molecule has 0 aliphatic heterocycles. The Hall–Kier alpha value is -2.21. The predicted octanol–water partition coefficient (Wildman–Crippen LogP) is 2.01. The summed E-state index contributed by atoms with van der Waals surface area (Å²) in [4.78, 5) is 11.1. The van der Waals surface area contributed by atoms with Crippen molar-refractivity contribution in [3.05, 3.63) is 57.2 Å². The van der Waals surface area contributed by atoms with E-state index in [1.54, 1.807) is 12.1 Å². The molecule has 0 radical (unpaired) electrons. The number of aromatic nitrogens is 2. The molecule has 0 aliphatic rings. The summed E-state index contributed by atoms with van der Waals surface area (Å²) in [5, 5.41) is 9.54. The van der Waals surface area contributed by atoms with Gasteiger partial charge in [-0.05, 0) is 17.7 Å². The molecular weight excluding hydrogens is 259 g/mol. The van der Waals surface area contributed by atoms with Crippen LogP contribution in [0.2, 0.25) is 5.02 Å². The van der Waals surface area contributed by atoms with E-state index in [1.165, 1.54) is 24.5 Å². The smallest absolute Gasteiger partial charge is 0.275 e. The normalized spacial score (nSPS) is 10.8. The molecular formula is C11H8ClFN4O. The summed E-state index contributed by atoms with van der Waals surface area (Å²) in [5.74, 6) is -0.352. The fourth-order valence-electron chi connectivity index (χ4n) is 1.22. The largest absolute Gasteiger partial charge is 0.285 e. The Morgan fingerprint density at radius 1 is 1.50 bits per heavy atom. The molecule has 0 fully saturated rings. The minimum atomic E-state index is -0.511. The van der Waals surface area contributed by atoms with Crippen LogP contribution in [0.25, 0.3) is 0 Å². The fraction of sp³-hybridized carbons (Fsp3) is 0. The first-order chi connectivity index (χ1) is 8.66. The third kappa shape index (κ3) is 2.92. The van der Waals surface area contributed by atoms with Crippen LogP contribution in [0.4, 0.5) is 10.1 Å². The molecule has 2 aromatic rings. The number of hydrogen-bond donors (Lipinski definition) is 2. The van der Waals surface area contributed by atoms with Crippen LogP contribution in [-0.2, 0) is 0 Å². The molecule has 5 nitrogen and oxygen atoms in total. The van der Waals surface area contributed by atoms with Crippen molar-refractivity contribution in [2.75, 3.05) is 5.43 Å². The van der Waals surface area contributed by atoms with Gasteiger partial charge in [0.2, 0.25) is 0 Å². The fourth-order valence-corrected chi connectivity index (χ4v) is 1.36. The van der Waals surface area contributed by atoms with Crippen LogP contribution >= 0.6 is 11.6 Å². The summed E-state index contributed by atoms with van der Waals surface area (Å²) in [7, 11) is 0. The van der Waals surface area contributed by atoms with Crippen LogP contribution in [0.15, 0.2) is 40.4 Å². The number of nitrogens with one attached hydrogen (secondary N) is 2. The van der Waals surface area contributed by atoms with Crippen LogP contribution in [-0.4, -0.2) is 16.4 Å². The van der Waals surface area contributed by atoms with E-state index >= 15 is 0 Å². The van der Waals surface area contributed by atoms with E-state index in [0.717, 1.165) is 0 Å². The first-order valence-corrected chi connectivity index (χ1v) is 5.32. The number of rotatable bonds is 3. The van der Waals surface area contributed by atoms with E-state index in [-0.39, 0.29) is 16.5 Å². The Kier molecular flexibility index (Phi) is 3.69. The van der Waals surface area contributed by atoms with E-state index < -0.39 is 5.56 Å².